The van der Waals surface area contributed by atoms with Crippen molar-refractivity contribution in [3.63, 3.8) is 0 Å². The molecule has 0 radical (unpaired) electrons. The van der Waals surface area contributed by atoms with Gasteiger partial charge in [-0.1, -0.05) is 31.5 Å². The van der Waals surface area contributed by atoms with E-state index < -0.39 is 0 Å². The lowest BCUT2D eigenvalue weighted by Crippen LogP contribution is -2.02. The van der Waals surface area contributed by atoms with Crippen LogP contribution in [0.25, 0.3) is 0 Å². The summed E-state index contributed by atoms with van der Waals surface area (Å²) in [6.07, 6.45) is 2.19. The molecule has 2 aromatic rings. The van der Waals surface area contributed by atoms with Crippen LogP contribution in [0.1, 0.15) is 30.9 Å². The Hall–Kier alpha value is -2.03. The lowest BCUT2D eigenvalue weighted by Gasteiger charge is -2.09. The highest BCUT2D eigenvalue weighted by Gasteiger charge is 2.02. The maximum absolute atomic E-state index is 13.7. The van der Waals surface area contributed by atoms with E-state index >= 15 is 0 Å². The molecule has 2 aromatic carbocycles. The maximum Gasteiger partial charge on any atom is 0.146 e. The van der Waals surface area contributed by atoms with Gasteiger partial charge in [-0.15, -0.1) is 0 Å². The van der Waals surface area contributed by atoms with Crippen molar-refractivity contribution in [1.29, 1.82) is 0 Å². The monoisotopic (exact) mass is 287 g/mol. The highest BCUT2D eigenvalue weighted by atomic mass is 19.1. The highest BCUT2D eigenvalue weighted by molar-refractivity contribution is 5.46. The Morgan fingerprint density at radius 1 is 1.10 bits per heavy atom. The molecule has 0 aliphatic carbocycles. The number of nitrogens with one attached hydrogen (secondary N) is 1. The van der Waals surface area contributed by atoms with Crippen LogP contribution in [-0.2, 0) is 6.54 Å². The molecular formula is C18H22FNO. The molecular weight excluding hydrogens is 265 g/mol. The molecule has 2 nitrogen and oxygen atoms in total. The summed E-state index contributed by atoms with van der Waals surface area (Å²) in [6.45, 7) is 5.37. The summed E-state index contributed by atoms with van der Waals surface area (Å²) < 4.78 is 19.3. The fourth-order valence-corrected chi connectivity index (χ4v) is 2.00. The van der Waals surface area contributed by atoms with Gasteiger partial charge in [-0.3, -0.25) is 0 Å². The third kappa shape index (κ3) is 4.78. The first-order chi connectivity index (χ1) is 10.2. The number of ether oxygens (including phenoxy) is 1. The van der Waals surface area contributed by atoms with E-state index in [4.69, 9.17) is 4.74 Å². The van der Waals surface area contributed by atoms with Crippen molar-refractivity contribution in [3.05, 3.63) is 59.4 Å². The molecule has 0 amide bonds. The van der Waals surface area contributed by atoms with Gasteiger partial charge in [-0.2, -0.15) is 0 Å². The smallest absolute Gasteiger partial charge is 0.146 e. The van der Waals surface area contributed by atoms with E-state index in [2.05, 4.69) is 12.2 Å². The summed E-state index contributed by atoms with van der Waals surface area (Å²) >= 11 is 0. The van der Waals surface area contributed by atoms with Crippen LogP contribution < -0.4 is 10.1 Å². The predicted molar refractivity (Wildman–Crippen MR) is 85.3 cm³/mol. The summed E-state index contributed by atoms with van der Waals surface area (Å²) in [6, 6.07) is 13.1. The zero-order chi connectivity index (χ0) is 15.1. The summed E-state index contributed by atoms with van der Waals surface area (Å²) in [4.78, 5) is 0. The molecule has 0 unspecified atom stereocenters. The van der Waals surface area contributed by atoms with E-state index in [9.17, 15) is 4.39 Å². The first kappa shape index (κ1) is 15.4. The van der Waals surface area contributed by atoms with Crippen LogP contribution in [0.5, 0.6) is 5.75 Å². The molecule has 21 heavy (non-hydrogen) atoms. The number of benzene rings is 2. The summed E-state index contributed by atoms with van der Waals surface area (Å²) in [5.41, 5.74) is 2.55. The Morgan fingerprint density at radius 2 is 1.86 bits per heavy atom. The second-order valence-corrected chi connectivity index (χ2v) is 5.18. The summed E-state index contributed by atoms with van der Waals surface area (Å²) in [5, 5.41) is 3.11. The van der Waals surface area contributed by atoms with E-state index in [-0.39, 0.29) is 5.82 Å². The average Bonchev–Trinajstić information content (AvgIpc) is 2.48. The number of anilines is 1. The molecule has 0 saturated carbocycles. The van der Waals surface area contributed by atoms with Crippen LogP contribution in [-0.4, -0.2) is 6.61 Å². The summed E-state index contributed by atoms with van der Waals surface area (Å²) in [7, 11) is 0. The topological polar surface area (TPSA) is 21.3 Å². The van der Waals surface area contributed by atoms with Gasteiger partial charge in [0, 0.05) is 6.54 Å². The van der Waals surface area contributed by atoms with Crippen molar-refractivity contribution in [2.24, 2.45) is 0 Å². The van der Waals surface area contributed by atoms with Gasteiger partial charge in [-0.25, -0.2) is 4.39 Å². The average molecular weight is 287 g/mol. The second kappa shape index (κ2) is 7.67. The van der Waals surface area contributed by atoms with Crippen molar-refractivity contribution in [1.82, 2.24) is 0 Å². The van der Waals surface area contributed by atoms with Gasteiger partial charge in [0.15, 0.2) is 0 Å². The molecule has 0 bridgehead atoms. The molecule has 1 N–H and O–H groups in total. The van der Waals surface area contributed by atoms with E-state index in [1.807, 2.05) is 37.3 Å². The van der Waals surface area contributed by atoms with Crippen LogP contribution in [0.3, 0.4) is 0 Å². The first-order valence-corrected chi connectivity index (χ1v) is 7.41. The highest BCUT2D eigenvalue weighted by Crippen LogP contribution is 2.17. The van der Waals surface area contributed by atoms with Crippen LogP contribution in [0.15, 0.2) is 42.5 Å². The Morgan fingerprint density at radius 3 is 2.52 bits per heavy atom. The van der Waals surface area contributed by atoms with E-state index in [0.717, 1.165) is 36.3 Å². The Labute approximate surface area is 126 Å². The van der Waals surface area contributed by atoms with E-state index in [1.54, 1.807) is 6.07 Å². The van der Waals surface area contributed by atoms with Gasteiger partial charge < -0.3 is 10.1 Å². The quantitative estimate of drug-likeness (QED) is 0.729. The minimum atomic E-state index is -0.213. The third-order valence-electron chi connectivity index (χ3n) is 3.30. The van der Waals surface area contributed by atoms with Gasteiger partial charge in [0.05, 0.1) is 12.3 Å². The SMILES string of the molecule is CCCCOc1ccc(CNc2ccc(C)cc2F)cc1. The number of aryl methyl sites for hydroxylation is 1. The van der Waals surface area contributed by atoms with Crippen LogP contribution in [0, 0.1) is 12.7 Å². The molecule has 0 atom stereocenters. The number of unbranched alkanes of at least 4 members (excludes halogenated alkanes) is 1. The van der Waals surface area contributed by atoms with E-state index in [0.29, 0.717) is 12.2 Å². The van der Waals surface area contributed by atoms with Gasteiger partial charge in [0.25, 0.3) is 0 Å². The van der Waals surface area contributed by atoms with Crippen LogP contribution in [0.4, 0.5) is 10.1 Å². The van der Waals surface area contributed by atoms with Gasteiger partial charge in [0.1, 0.15) is 11.6 Å². The van der Waals surface area contributed by atoms with Crippen molar-refractivity contribution in [2.75, 3.05) is 11.9 Å². The zero-order valence-corrected chi connectivity index (χ0v) is 12.7. The van der Waals surface area contributed by atoms with Crippen LogP contribution in [0.2, 0.25) is 0 Å². The predicted octanol–water partition coefficient (Wildman–Crippen LogP) is 4.93. The number of halogens is 1. The molecule has 0 fully saturated rings. The number of hydrogen-bond donors (Lipinski definition) is 1. The lowest BCUT2D eigenvalue weighted by atomic mass is 10.2. The summed E-state index contributed by atoms with van der Waals surface area (Å²) in [5.74, 6) is 0.670. The molecule has 0 spiro atoms. The second-order valence-electron chi connectivity index (χ2n) is 5.18. The molecule has 112 valence electrons. The standard InChI is InChI=1S/C18H22FNO/c1-3-4-11-21-16-8-6-15(7-9-16)13-20-18-10-5-14(2)12-17(18)19/h5-10,12,20H,3-4,11,13H2,1-2H3. The minimum absolute atomic E-state index is 0.213. The molecule has 0 aliphatic heterocycles. The Kier molecular flexibility index (Phi) is 5.61. The maximum atomic E-state index is 13.7. The number of rotatable bonds is 7. The molecule has 0 saturated heterocycles. The van der Waals surface area contributed by atoms with Crippen molar-refractivity contribution in [3.8, 4) is 5.75 Å². The Balaban J connectivity index is 1.88. The lowest BCUT2D eigenvalue weighted by molar-refractivity contribution is 0.309. The molecule has 0 aliphatic rings. The third-order valence-corrected chi connectivity index (χ3v) is 3.30. The van der Waals surface area contributed by atoms with Crippen molar-refractivity contribution < 1.29 is 9.13 Å². The van der Waals surface area contributed by atoms with Crippen molar-refractivity contribution >= 4 is 5.69 Å². The first-order valence-electron chi connectivity index (χ1n) is 7.41. The molecule has 3 heteroatoms. The molecule has 0 aromatic heterocycles. The van der Waals surface area contributed by atoms with Crippen molar-refractivity contribution in [2.45, 2.75) is 33.2 Å². The van der Waals surface area contributed by atoms with Gasteiger partial charge in [-0.05, 0) is 48.7 Å². The van der Waals surface area contributed by atoms with Gasteiger partial charge in [0.2, 0.25) is 0 Å². The minimum Gasteiger partial charge on any atom is -0.494 e. The normalized spacial score (nSPS) is 10.4. The molecule has 0 heterocycles. The van der Waals surface area contributed by atoms with Gasteiger partial charge >= 0.3 is 0 Å². The van der Waals surface area contributed by atoms with E-state index in [1.165, 1.54) is 6.07 Å². The van der Waals surface area contributed by atoms with Crippen LogP contribution >= 0.6 is 0 Å². The molecule has 2 rings (SSSR count). The fraction of sp³-hybridized carbons (Fsp3) is 0.333. The largest absolute Gasteiger partial charge is 0.494 e. The Bertz CT molecular complexity index is 566. The zero-order valence-electron chi connectivity index (χ0n) is 12.7. The fourth-order valence-electron chi connectivity index (χ4n) is 2.00. The number of hydrogen-bond acceptors (Lipinski definition) is 2.